The first-order valence-corrected chi connectivity index (χ1v) is 7.60. The highest BCUT2D eigenvalue weighted by Crippen LogP contribution is 2.43. The molecule has 3 fully saturated rings. The molecule has 0 aliphatic carbocycles. The van der Waals surface area contributed by atoms with Crippen molar-refractivity contribution in [3.63, 3.8) is 0 Å². The number of carbonyl (C=O) groups excluding carboxylic acids is 1. The number of nitrogens with zero attached hydrogens (tertiary/aromatic N) is 2. The van der Waals surface area contributed by atoms with E-state index in [1.807, 2.05) is 0 Å². The second-order valence-electron chi connectivity index (χ2n) is 6.36. The minimum absolute atomic E-state index is 0.375. The molecule has 4 heterocycles. The van der Waals surface area contributed by atoms with Crippen LogP contribution in [-0.2, 0) is 4.79 Å². The van der Waals surface area contributed by atoms with E-state index in [0.29, 0.717) is 18.0 Å². The Kier molecular flexibility index (Phi) is 2.51. The van der Waals surface area contributed by atoms with Crippen LogP contribution in [0.5, 0.6) is 0 Å². The second kappa shape index (κ2) is 4.09. The lowest BCUT2D eigenvalue weighted by Crippen LogP contribution is -2.60. The molecule has 4 rings (SSSR count). The highest BCUT2D eigenvalue weighted by atomic mass is 16.2. The third-order valence-electron chi connectivity index (χ3n) is 5.41. The summed E-state index contributed by atoms with van der Waals surface area (Å²) in [5.74, 6) is 1.10. The van der Waals surface area contributed by atoms with E-state index in [9.17, 15) is 4.79 Å². The fraction of sp³-hybridized carbons (Fsp3) is 0.800. The number of piperidine rings is 3. The smallest absolute Gasteiger partial charge is 0.226 e. The summed E-state index contributed by atoms with van der Waals surface area (Å²) in [4.78, 5) is 16.9. The van der Waals surface area contributed by atoms with Gasteiger partial charge in [-0.3, -0.25) is 9.69 Å². The van der Waals surface area contributed by atoms with Gasteiger partial charge in [-0.05, 0) is 63.1 Å². The minimum atomic E-state index is 0.375. The third kappa shape index (κ3) is 1.49. The molecule has 0 radical (unpaired) electrons. The average molecular weight is 246 g/mol. The van der Waals surface area contributed by atoms with Crippen LogP contribution < -0.4 is 0 Å². The van der Waals surface area contributed by atoms with Crippen molar-refractivity contribution in [1.29, 1.82) is 0 Å². The largest absolute Gasteiger partial charge is 0.316 e. The molecule has 0 saturated carbocycles. The number of hydrogen-bond donors (Lipinski definition) is 0. The van der Waals surface area contributed by atoms with Crippen LogP contribution >= 0.6 is 0 Å². The zero-order valence-electron chi connectivity index (χ0n) is 11.0. The van der Waals surface area contributed by atoms with Crippen LogP contribution in [0.1, 0.15) is 44.9 Å². The maximum Gasteiger partial charge on any atom is 0.226 e. The van der Waals surface area contributed by atoms with Crippen LogP contribution in [0.3, 0.4) is 0 Å². The molecule has 0 unspecified atom stereocenters. The lowest BCUT2D eigenvalue weighted by Gasteiger charge is -2.54. The van der Waals surface area contributed by atoms with Crippen molar-refractivity contribution in [2.45, 2.75) is 57.0 Å². The molecule has 3 heteroatoms. The van der Waals surface area contributed by atoms with Crippen molar-refractivity contribution in [2.24, 2.45) is 5.92 Å². The van der Waals surface area contributed by atoms with Gasteiger partial charge in [0, 0.05) is 24.7 Å². The van der Waals surface area contributed by atoms with Gasteiger partial charge in [0.1, 0.15) is 0 Å². The predicted molar refractivity (Wildman–Crippen MR) is 69.9 cm³/mol. The summed E-state index contributed by atoms with van der Waals surface area (Å²) < 4.78 is 0. The maximum atomic E-state index is 12.1. The van der Waals surface area contributed by atoms with Gasteiger partial charge in [-0.1, -0.05) is 0 Å². The Morgan fingerprint density at radius 3 is 2.89 bits per heavy atom. The minimum Gasteiger partial charge on any atom is -0.316 e. The number of carbonyl (C=O) groups is 1. The molecule has 0 spiro atoms. The molecule has 0 aromatic heterocycles. The fourth-order valence-corrected chi connectivity index (χ4v) is 4.72. The zero-order chi connectivity index (χ0) is 12.1. The Labute approximate surface area is 109 Å². The van der Waals surface area contributed by atoms with Gasteiger partial charge >= 0.3 is 0 Å². The molecule has 3 atom stereocenters. The van der Waals surface area contributed by atoms with Crippen LogP contribution in [-0.4, -0.2) is 40.9 Å². The van der Waals surface area contributed by atoms with Gasteiger partial charge in [0.05, 0.1) is 0 Å². The molecule has 98 valence electrons. The molecule has 0 aromatic rings. The SMILES string of the molecule is O=C1CCC[C@@H]2[C@H]3CCCN4CCCC(=CN12)[C@H]34. The van der Waals surface area contributed by atoms with Gasteiger partial charge in [0.2, 0.25) is 5.91 Å². The van der Waals surface area contributed by atoms with Gasteiger partial charge in [-0.15, -0.1) is 0 Å². The van der Waals surface area contributed by atoms with Crippen LogP contribution in [0.25, 0.3) is 0 Å². The molecule has 0 aromatic carbocycles. The number of fused-ring (bicyclic) bond motifs is 2. The monoisotopic (exact) mass is 246 g/mol. The maximum absolute atomic E-state index is 12.1. The third-order valence-corrected chi connectivity index (χ3v) is 5.41. The number of rotatable bonds is 0. The van der Waals surface area contributed by atoms with Crippen LogP contribution in [0, 0.1) is 5.92 Å². The van der Waals surface area contributed by atoms with E-state index >= 15 is 0 Å². The van der Waals surface area contributed by atoms with Gasteiger partial charge in [-0.2, -0.15) is 0 Å². The molecule has 1 amide bonds. The van der Waals surface area contributed by atoms with Gasteiger partial charge < -0.3 is 4.90 Å². The molecule has 0 N–H and O–H groups in total. The second-order valence-corrected chi connectivity index (χ2v) is 6.36. The highest BCUT2D eigenvalue weighted by Gasteiger charge is 2.46. The van der Waals surface area contributed by atoms with Gasteiger partial charge in [-0.25, -0.2) is 0 Å². The number of hydrogen-bond acceptors (Lipinski definition) is 2. The Hall–Kier alpha value is -0.830. The number of amides is 1. The normalized spacial score (nSPS) is 40.0. The lowest BCUT2D eigenvalue weighted by molar-refractivity contribution is -0.136. The van der Waals surface area contributed by atoms with Crippen molar-refractivity contribution in [2.75, 3.05) is 13.1 Å². The predicted octanol–water partition coefficient (Wildman–Crippen LogP) is 2.14. The molecule has 18 heavy (non-hydrogen) atoms. The van der Waals surface area contributed by atoms with Crippen LogP contribution in [0.2, 0.25) is 0 Å². The van der Waals surface area contributed by atoms with E-state index in [2.05, 4.69) is 16.0 Å². The van der Waals surface area contributed by atoms with Gasteiger partial charge in [0.15, 0.2) is 0 Å². The van der Waals surface area contributed by atoms with E-state index in [1.165, 1.54) is 45.2 Å². The van der Waals surface area contributed by atoms with E-state index < -0.39 is 0 Å². The summed E-state index contributed by atoms with van der Waals surface area (Å²) in [6.45, 7) is 2.55. The fourth-order valence-electron chi connectivity index (χ4n) is 4.72. The Morgan fingerprint density at radius 1 is 1.06 bits per heavy atom. The van der Waals surface area contributed by atoms with E-state index in [4.69, 9.17) is 0 Å². The highest BCUT2D eigenvalue weighted by molar-refractivity contribution is 5.78. The van der Waals surface area contributed by atoms with Crippen molar-refractivity contribution in [1.82, 2.24) is 9.80 Å². The van der Waals surface area contributed by atoms with Crippen molar-refractivity contribution >= 4 is 5.91 Å². The Bertz CT molecular complexity index is 401. The Balaban J connectivity index is 1.74. The quantitative estimate of drug-likeness (QED) is 0.654. The first-order chi connectivity index (χ1) is 8.84. The Morgan fingerprint density at radius 2 is 1.94 bits per heavy atom. The standard InChI is InChI=1S/C15H22N2O/c18-14-7-1-6-13-12-5-3-9-16-8-2-4-11(15(12)16)10-17(13)14/h10,12-13,15H,1-9H2/t12-,13-,15-/m1/s1. The molecular formula is C15H22N2O. The van der Waals surface area contributed by atoms with Gasteiger partial charge in [0.25, 0.3) is 0 Å². The molecule has 3 nitrogen and oxygen atoms in total. The average Bonchev–Trinajstić information content (AvgIpc) is 2.41. The van der Waals surface area contributed by atoms with E-state index in [0.717, 1.165) is 18.8 Å². The first kappa shape index (κ1) is 11.0. The lowest BCUT2D eigenvalue weighted by atomic mass is 9.72. The van der Waals surface area contributed by atoms with Crippen molar-refractivity contribution < 1.29 is 4.79 Å². The summed E-state index contributed by atoms with van der Waals surface area (Å²) in [5, 5.41) is 0. The first-order valence-electron chi connectivity index (χ1n) is 7.60. The topological polar surface area (TPSA) is 23.6 Å². The summed E-state index contributed by atoms with van der Waals surface area (Å²) in [7, 11) is 0. The van der Waals surface area contributed by atoms with E-state index in [1.54, 1.807) is 5.57 Å². The van der Waals surface area contributed by atoms with Crippen LogP contribution in [0.4, 0.5) is 0 Å². The van der Waals surface area contributed by atoms with Crippen molar-refractivity contribution in [3.8, 4) is 0 Å². The van der Waals surface area contributed by atoms with Crippen LogP contribution in [0.15, 0.2) is 11.8 Å². The molecular weight excluding hydrogens is 224 g/mol. The zero-order valence-corrected chi connectivity index (χ0v) is 11.0. The summed E-state index contributed by atoms with van der Waals surface area (Å²) in [6, 6.07) is 1.19. The summed E-state index contributed by atoms with van der Waals surface area (Å²) in [5.41, 5.74) is 1.55. The molecule has 3 saturated heterocycles. The summed E-state index contributed by atoms with van der Waals surface area (Å²) >= 11 is 0. The molecule has 4 aliphatic rings. The molecule has 4 aliphatic heterocycles. The summed E-state index contributed by atoms with van der Waals surface area (Å²) in [6.07, 6.45) is 10.5. The van der Waals surface area contributed by atoms with Crippen molar-refractivity contribution in [3.05, 3.63) is 11.8 Å². The molecule has 0 bridgehead atoms. The van der Waals surface area contributed by atoms with E-state index in [-0.39, 0.29) is 0 Å².